The maximum absolute atomic E-state index is 13.3. The van der Waals surface area contributed by atoms with E-state index in [1.807, 2.05) is 0 Å². The van der Waals surface area contributed by atoms with Gasteiger partial charge in [0.05, 0.1) is 23.0 Å². The van der Waals surface area contributed by atoms with Crippen molar-refractivity contribution in [3.05, 3.63) is 35.6 Å². The van der Waals surface area contributed by atoms with Crippen molar-refractivity contribution in [3.8, 4) is 0 Å². The van der Waals surface area contributed by atoms with Crippen molar-refractivity contribution in [1.29, 1.82) is 0 Å². The molecule has 1 aromatic carbocycles. The van der Waals surface area contributed by atoms with Gasteiger partial charge in [-0.05, 0) is 18.6 Å². The molecule has 1 saturated heterocycles. The zero-order valence-electron chi connectivity index (χ0n) is 10.4. The van der Waals surface area contributed by atoms with E-state index in [2.05, 4.69) is 10.9 Å². The predicted octanol–water partition coefficient (Wildman–Crippen LogP) is 0.0214. The second kappa shape index (κ2) is 5.58. The standard InChI is InChI=1S/C12H13FN2O4S/c13-10-4-2-1-3-9(10)12(17)15-14-11(16)8-5-6-20(18,19)7-8/h1-4,8H,5-7H2,(H,14,16)(H,15,17)/t8-/m0/s1. The van der Waals surface area contributed by atoms with Crippen LogP contribution in [0.5, 0.6) is 0 Å². The molecule has 8 heteroatoms. The minimum atomic E-state index is -3.17. The number of hydrogen-bond donors (Lipinski definition) is 2. The summed E-state index contributed by atoms with van der Waals surface area (Å²) in [5.74, 6) is -3.03. The second-order valence-electron chi connectivity index (χ2n) is 4.52. The van der Waals surface area contributed by atoms with Gasteiger partial charge in [0.2, 0.25) is 5.91 Å². The van der Waals surface area contributed by atoms with E-state index >= 15 is 0 Å². The average molecular weight is 300 g/mol. The summed E-state index contributed by atoms with van der Waals surface area (Å²) in [6.07, 6.45) is 0.226. The van der Waals surface area contributed by atoms with Gasteiger partial charge < -0.3 is 0 Å². The zero-order chi connectivity index (χ0) is 14.8. The van der Waals surface area contributed by atoms with Crippen LogP contribution in [-0.4, -0.2) is 31.7 Å². The molecule has 0 bridgehead atoms. The molecule has 1 aliphatic rings. The highest BCUT2D eigenvalue weighted by Gasteiger charge is 2.33. The summed E-state index contributed by atoms with van der Waals surface area (Å²) in [7, 11) is -3.17. The van der Waals surface area contributed by atoms with E-state index < -0.39 is 33.4 Å². The molecular weight excluding hydrogens is 287 g/mol. The molecule has 2 N–H and O–H groups in total. The maximum Gasteiger partial charge on any atom is 0.272 e. The minimum absolute atomic E-state index is 0.0354. The number of rotatable bonds is 2. The Kier molecular flexibility index (Phi) is 4.03. The molecule has 1 fully saturated rings. The first-order valence-electron chi connectivity index (χ1n) is 5.94. The lowest BCUT2D eigenvalue weighted by atomic mass is 10.1. The molecule has 0 radical (unpaired) electrons. The molecule has 108 valence electrons. The van der Waals surface area contributed by atoms with Gasteiger partial charge in [0.25, 0.3) is 5.91 Å². The first-order valence-corrected chi connectivity index (χ1v) is 7.76. The third-order valence-electron chi connectivity index (χ3n) is 3.02. The number of amides is 2. The fraction of sp³-hybridized carbons (Fsp3) is 0.333. The van der Waals surface area contributed by atoms with Crippen LogP contribution in [0.2, 0.25) is 0 Å². The highest BCUT2D eigenvalue weighted by Crippen LogP contribution is 2.18. The maximum atomic E-state index is 13.3. The predicted molar refractivity (Wildman–Crippen MR) is 68.8 cm³/mol. The van der Waals surface area contributed by atoms with E-state index in [1.54, 1.807) is 0 Å². The van der Waals surface area contributed by atoms with Gasteiger partial charge in [-0.2, -0.15) is 0 Å². The van der Waals surface area contributed by atoms with Crippen LogP contribution in [0.4, 0.5) is 4.39 Å². The molecule has 1 aromatic rings. The number of carbonyl (C=O) groups is 2. The average Bonchev–Trinajstić information content (AvgIpc) is 2.76. The number of hydrogen-bond acceptors (Lipinski definition) is 4. The van der Waals surface area contributed by atoms with Crippen molar-refractivity contribution in [2.75, 3.05) is 11.5 Å². The van der Waals surface area contributed by atoms with Gasteiger partial charge in [-0.25, -0.2) is 12.8 Å². The smallest absolute Gasteiger partial charge is 0.272 e. The number of nitrogens with one attached hydrogen (secondary N) is 2. The lowest BCUT2D eigenvalue weighted by molar-refractivity contribution is -0.125. The number of halogens is 1. The topological polar surface area (TPSA) is 92.3 Å². The van der Waals surface area contributed by atoms with Crippen molar-refractivity contribution in [2.24, 2.45) is 5.92 Å². The van der Waals surface area contributed by atoms with Crippen LogP contribution in [0.1, 0.15) is 16.8 Å². The Labute approximate surface area is 115 Å². The van der Waals surface area contributed by atoms with Crippen LogP contribution in [0.15, 0.2) is 24.3 Å². The van der Waals surface area contributed by atoms with Crippen molar-refractivity contribution in [2.45, 2.75) is 6.42 Å². The SMILES string of the molecule is O=C(NNC(=O)[C@H]1CCS(=O)(=O)C1)c1ccccc1F. The van der Waals surface area contributed by atoms with Crippen molar-refractivity contribution >= 4 is 21.7 Å². The molecule has 0 unspecified atom stereocenters. The summed E-state index contributed by atoms with van der Waals surface area (Å²) in [4.78, 5) is 23.3. The molecule has 2 amide bonds. The summed E-state index contributed by atoms with van der Waals surface area (Å²) in [6.45, 7) is 0. The Morgan fingerprint density at radius 3 is 2.50 bits per heavy atom. The molecule has 0 aromatic heterocycles. The van der Waals surface area contributed by atoms with Crippen molar-refractivity contribution < 1.29 is 22.4 Å². The highest BCUT2D eigenvalue weighted by atomic mass is 32.2. The van der Waals surface area contributed by atoms with Crippen molar-refractivity contribution in [1.82, 2.24) is 10.9 Å². The molecule has 20 heavy (non-hydrogen) atoms. The Morgan fingerprint density at radius 2 is 1.90 bits per heavy atom. The van der Waals surface area contributed by atoms with Gasteiger partial charge in [0.1, 0.15) is 5.82 Å². The third-order valence-corrected chi connectivity index (χ3v) is 4.79. The van der Waals surface area contributed by atoms with Gasteiger partial charge in [0.15, 0.2) is 9.84 Å². The summed E-state index contributed by atoms with van der Waals surface area (Å²) >= 11 is 0. The van der Waals surface area contributed by atoms with E-state index in [0.717, 1.165) is 6.07 Å². The second-order valence-corrected chi connectivity index (χ2v) is 6.75. The molecule has 1 atom stereocenters. The Bertz CT molecular complexity index is 645. The van der Waals surface area contributed by atoms with Crippen LogP contribution in [0.3, 0.4) is 0 Å². The van der Waals surface area contributed by atoms with E-state index in [0.29, 0.717) is 0 Å². The van der Waals surface area contributed by atoms with Gasteiger partial charge >= 0.3 is 0 Å². The molecule has 1 aliphatic heterocycles. The molecular formula is C12H13FN2O4S. The number of hydrazine groups is 1. The van der Waals surface area contributed by atoms with Gasteiger partial charge in [0, 0.05) is 0 Å². The van der Waals surface area contributed by atoms with E-state index in [4.69, 9.17) is 0 Å². The van der Waals surface area contributed by atoms with Gasteiger partial charge in [-0.3, -0.25) is 20.4 Å². The first-order chi connectivity index (χ1) is 9.39. The van der Waals surface area contributed by atoms with Gasteiger partial charge in [-0.15, -0.1) is 0 Å². The quantitative estimate of drug-likeness (QED) is 0.753. The van der Waals surface area contributed by atoms with Gasteiger partial charge in [-0.1, -0.05) is 12.1 Å². The van der Waals surface area contributed by atoms with Crippen LogP contribution < -0.4 is 10.9 Å². The summed E-state index contributed by atoms with van der Waals surface area (Å²) < 4.78 is 35.8. The molecule has 2 rings (SSSR count). The zero-order valence-corrected chi connectivity index (χ0v) is 11.2. The highest BCUT2D eigenvalue weighted by molar-refractivity contribution is 7.91. The normalized spacial score (nSPS) is 20.4. The Balaban J connectivity index is 1.91. The number of carbonyl (C=O) groups excluding carboxylic acids is 2. The lowest BCUT2D eigenvalue weighted by Crippen LogP contribution is -2.45. The Hall–Kier alpha value is -1.96. The molecule has 0 aliphatic carbocycles. The third kappa shape index (κ3) is 3.32. The lowest BCUT2D eigenvalue weighted by Gasteiger charge is -2.10. The van der Waals surface area contributed by atoms with Crippen LogP contribution in [0, 0.1) is 11.7 Å². The molecule has 6 nitrogen and oxygen atoms in total. The monoisotopic (exact) mass is 300 g/mol. The van der Waals surface area contributed by atoms with Crippen LogP contribution in [-0.2, 0) is 14.6 Å². The number of sulfone groups is 1. The largest absolute Gasteiger partial charge is 0.273 e. The van der Waals surface area contributed by atoms with Crippen molar-refractivity contribution in [3.63, 3.8) is 0 Å². The van der Waals surface area contributed by atoms with Crippen LogP contribution >= 0.6 is 0 Å². The number of benzene rings is 1. The fourth-order valence-corrected chi connectivity index (χ4v) is 3.68. The summed E-state index contributed by atoms with van der Waals surface area (Å²) in [5, 5.41) is 0. The fourth-order valence-electron chi connectivity index (χ4n) is 1.93. The molecule has 0 spiro atoms. The van der Waals surface area contributed by atoms with E-state index in [9.17, 15) is 22.4 Å². The van der Waals surface area contributed by atoms with E-state index in [1.165, 1.54) is 18.2 Å². The van der Waals surface area contributed by atoms with E-state index in [-0.39, 0.29) is 23.5 Å². The first kappa shape index (κ1) is 14.4. The summed E-state index contributed by atoms with van der Waals surface area (Å²) in [6, 6.07) is 5.33. The Morgan fingerprint density at radius 1 is 1.20 bits per heavy atom. The molecule has 0 saturated carbocycles. The minimum Gasteiger partial charge on any atom is -0.273 e. The van der Waals surface area contributed by atoms with Crippen LogP contribution in [0.25, 0.3) is 0 Å². The molecule has 1 heterocycles. The summed E-state index contributed by atoms with van der Waals surface area (Å²) in [5.41, 5.74) is 3.99.